The van der Waals surface area contributed by atoms with E-state index in [9.17, 15) is 29.3 Å². The molecule has 0 aliphatic heterocycles. The molecule has 0 unspecified atom stereocenters. The molecule has 4 N–H and O–H groups in total. The fourth-order valence-corrected chi connectivity index (χ4v) is 2.86. The molecular formula is C15H11N3O9S. The van der Waals surface area contributed by atoms with Gasteiger partial charge >= 0.3 is 23.9 Å². The lowest BCUT2D eigenvalue weighted by atomic mass is 10.3. The van der Waals surface area contributed by atoms with E-state index in [2.05, 4.69) is 5.32 Å². The predicted molar refractivity (Wildman–Crippen MR) is 93.5 cm³/mol. The molecule has 13 heteroatoms. The van der Waals surface area contributed by atoms with Crippen LogP contribution in [-0.2, 0) is 16.1 Å². The first kappa shape index (κ1) is 20.3. The smallest absolute Gasteiger partial charge is 0.412 e. The van der Waals surface area contributed by atoms with Gasteiger partial charge in [-0.15, -0.1) is 11.3 Å². The van der Waals surface area contributed by atoms with E-state index in [1.54, 1.807) is 0 Å². The van der Waals surface area contributed by atoms with E-state index in [1.165, 1.54) is 12.1 Å². The molecular weight excluding hydrogens is 398 g/mol. The Balaban J connectivity index is 2.00. The number of nitrogens with zero attached hydrogens (tertiary/aromatic N) is 1. The topological polar surface area (TPSA) is 185 Å². The van der Waals surface area contributed by atoms with Crippen LogP contribution < -0.4 is 15.4 Å². The van der Waals surface area contributed by atoms with Gasteiger partial charge in [0.2, 0.25) is 0 Å². The summed E-state index contributed by atoms with van der Waals surface area (Å²) in [6.07, 6.45) is -0.907. The number of aliphatic carboxylic acids is 1. The van der Waals surface area contributed by atoms with E-state index in [4.69, 9.17) is 14.9 Å². The summed E-state index contributed by atoms with van der Waals surface area (Å²) in [6, 6.07) is 5.92. The summed E-state index contributed by atoms with van der Waals surface area (Å²) in [7, 11) is 0. The van der Waals surface area contributed by atoms with E-state index in [1.807, 2.05) is 5.32 Å². The molecule has 28 heavy (non-hydrogen) atoms. The maximum absolute atomic E-state index is 11.8. The SMILES string of the molecule is O=C(NCc1cc(C(=O)O)c(NC(=O)C(=O)O)s1)Oc1ccc([N+](=O)[O-])cc1. The Morgan fingerprint density at radius 1 is 1.14 bits per heavy atom. The lowest BCUT2D eigenvalue weighted by molar-refractivity contribution is -0.384. The quantitative estimate of drug-likeness (QED) is 0.313. The average molecular weight is 409 g/mol. The second-order valence-corrected chi connectivity index (χ2v) is 6.15. The first-order chi connectivity index (χ1) is 13.2. The number of ether oxygens (including phenoxy) is 1. The van der Waals surface area contributed by atoms with E-state index in [-0.39, 0.29) is 28.5 Å². The maximum Gasteiger partial charge on any atom is 0.412 e. The van der Waals surface area contributed by atoms with E-state index >= 15 is 0 Å². The molecule has 1 aromatic carbocycles. The van der Waals surface area contributed by atoms with Crippen LogP contribution in [0.3, 0.4) is 0 Å². The summed E-state index contributed by atoms with van der Waals surface area (Å²) in [5, 5.41) is 32.3. The van der Waals surface area contributed by atoms with Gasteiger partial charge in [0.1, 0.15) is 10.8 Å². The number of aromatic carboxylic acids is 1. The molecule has 2 rings (SSSR count). The molecule has 0 atom stereocenters. The number of carboxylic acids is 2. The Kier molecular flexibility index (Phi) is 6.23. The van der Waals surface area contributed by atoms with Crippen LogP contribution in [0.15, 0.2) is 30.3 Å². The molecule has 0 radical (unpaired) electrons. The van der Waals surface area contributed by atoms with Crippen molar-refractivity contribution in [1.82, 2.24) is 5.32 Å². The highest BCUT2D eigenvalue weighted by atomic mass is 32.1. The number of nitro benzene ring substituents is 1. The molecule has 0 saturated heterocycles. The Hall–Kier alpha value is -4.00. The number of amides is 2. The standard InChI is InChI=1S/C15H11N3O9S/c19-11(14(22)23)17-12-10(13(20)21)5-9(28-12)6-16-15(24)27-8-3-1-7(2-4-8)18(25)26/h1-5H,6H2,(H,16,24)(H,17,19)(H,20,21)(H,22,23). The van der Waals surface area contributed by atoms with Gasteiger partial charge in [0.15, 0.2) is 0 Å². The summed E-state index contributed by atoms with van der Waals surface area (Å²) >= 11 is 0.766. The third-order valence-corrected chi connectivity index (χ3v) is 4.15. The van der Waals surface area contributed by atoms with Crippen LogP contribution in [0.25, 0.3) is 0 Å². The summed E-state index contributed by atoms with van der Waals surface area (Å²) in [6.45, 7) is -0.167. The van der Waals surface area contributed by atoms with Gasteiger partial charge in [-0.25, -0.2) is 14.4 Å². The van der Waals surface area contributed by atoms with Gasteiger partial charge < -0.3 is 25.6 Å². The molecule has 0 aliphatic carbocycles. The number of carbonyl (C=O) groups is 4. The third kappa shape index (κ3) is 5.25. The fraction of sp³-hybridized carbons (Fsp3) is 0.0667. The van der Waals surface area contributed by atoms with E-state index < -0.39 is 28.9 Å². The Labute approximate surface area is 159 Å². The van der Waals surface area contributed by atoms with Crippen LogP contribution in [0, 0.1) is 10.1 Å². The molecule has 0 aliphatic rings. The zero-order valence-corrected chi connectivity index (χ0v) is 14.5. The predicted octanol–water partition coefficient (Wildman–Crippen LogP) is 1.67. The fourth-order valence-electron chi connectivity index (χ4n) is 1.88. The van der Waals surface area contributed by atoms with Gasteiger partial charge in [-0.2, -0.15) is 0 Å². The van der Waals surface area contributed by atoms with E-state index in [0.717, 1.165) is 29.5 Å². The number of carboxylic acid groups (broad SMARTS) is 2. The number of nitrogens with one attached hydrogen (secondary N) is 2. The first-order valence-corrected chi connectivity index (χ1v) is 8.09. The number of benzene rings is 1. The van der Waals surface area contributed by atoms with Gasteiger partial charge in [-0.05, 0) is 18.2 Å². The zero-order chi connectivity index (χ0) is 20.8. The van der Waals surface area contributed by atoms with Gasteiger partial charge in [-0.1, -0.05) is 0 Å². The van der Waals surface area contributed by atoms with Crippen LogP contribution in [0.5, 0.6) is 5.75 Å². The number of anilines is 1. The molecule has 0 saturated carbocycles. The number of hydrogen-bond donors (Lipinski definition) is 4. The number of nitro groups is 1. The third-order valence-electron chi connectivity index (χ3n) is 3.10. The summed E-state index contributed by atoms with van der Waals surface area (Å²) in [5.41, 5.74) is -0.511. The monoisotopic (exact) mass is 409 g/mol. The van der Waals surface area contributed by atoms with Crippen molar-refractivity contribution in [1.29, 1.82) is 0 Å². The molecule has 1 aromatic heterocycles. The molecule has 0 bridgehead atoms. The van der Waals surface area contributed by atoms with Crippen LogP contribution in [0.1, 0.15) is 15.2 Å². The number of thiophene rings is 1. The van der Waals surface area contributed by atoms with Crippen molar-refractivity contribution in [3.63, 3.8) is 0 Å². The molecule has 0 fully saturated rings. The zero-order valence-electron chi connectivity index (χ0n) is 13.7. The van der Waals surface area contributed by atoms with Gasteiger partial charge in [0.25, 0.3) is 5.69 Å². The van der Waals surface area contributed by atoms with Crippen molar-refractivity contribution in [2.75, 3.05) is 5.32 Å². The largest absolute Gasteiger partial charge is 0.478 e. The maximum atomic E-state index is 11.8. The highest BCUT2D eigenvalue weighted by Gasteiger charge is 2.20. The van der Waals surface area contributed by atoms with Gasteiger partial charge in [-0.3, -0.25) is 14.9 Å². The van der Waals surface area contributed by atoms with Crippen molar-refractivity contribution < 1.29 is 39.1 Å². The second kappa shape index (κ2) is 8.59. The molecule has 2 aromatic rings. The first-order valence-electron chi connectivity index (χ1n) is 7.27. The van der Waals surface area contributed by atoms with Crippen LogP contribution in [0.2, 0.25) is 0 Å². The summed E-state index contributed by atoms with van der Waals surface area (Å²) in [5.74, 6) is -4.52. The molecule has 146 valence electrons. The summed E-state index contributed by atoms with van der Waals surface area (Å²) in [4.78, 5) is 55.0. The molecule has 2 amide bonds. The Morgan fingerprint density at radius 2 is 1.79 bits per heavy atom. The number of rotatable bonds is 6. The van der Waals surface area contributed by atoms with Crippen molar-refractivity contribution in [3.8, 4) is 5.75 Å². The van der Waals surface area contributed by atoms with E-state index in [0.29, 0.717) is 4.88 Å². The van der Waals surface area contributed by atoms with Crippen molar-refractivity contribution in [3.05, 3.63) is 50.9 Å². The van der Waals surface area contributed by atoms with Crippen LogP contribution in [-0.4, -0.2) is 39.1 Å². The van der Waals surface area contributed by atoms with Crippen molar-refractivity contribution in [2.24, 2.45) is 0 Å². The average Bonchev–Trinajstić information content (AvgIpc) is 3.03. The highest BCUT2D eigenvalue weighted by molar-refractivity contribution is 7.16. The minimum Gasteiger partial charge on any atom is -0.478 e. The van der Waals surface area contributed by atoms with Gasteiger partial charge in [0.05, 0.1) is 17.0 Å². The van der Waals surface area contributed by atoms with Crippen molar-refractivity contribution in [2.45, 2.75) is 6.54 Å². The lowest BCUT2D eigenvalue weighted by Gasteiger charge is -2.05. The van der Waals surface area contributed by atoms with Crippen LogP contribution >= 0.6 is 11.3 Å². The number of non-ortho nitro benzene ring substituents is 1. The Bertz CT molecular complexity index is 952. The number of hydrogen-bond acceptors (Lipinski definition) is 8. The van der Waals surface area contributed by atoms with Crippen molar-refractivity contribution >= 4 is 46.0 Å². The molecule has 12 nitrogen and oxygen atoms in total. The van der Waals surface area contributed by atoms with Crippen LogP contribution in [0.4, 0.5) is 15.5 Å². The lowest BCUT2D eigenvalue weighted by Crippen LogP contribution is -2.25. The minimum absolute atomic E-state index is 0.0508. The Morgan fingerprint density at radius 3 is 2.32 bits per heavy atom. The highest BCUT2D eigenvalue weighted by Crippen LogP contribution is 2.28. The minimum atomic E-state index is -1.78. The normalized spacial score (nSPS) is 10.0. The molecule has 1 heterocycles. The molecule has 0 spiro atoms. The van der Waals surface area contributed by atoms with Gasteiger partial charge in [0, 0.05) is 17.0 Å². The summed E-state index contributed by atoms with van der Waals surface area (Å²) < 4.78 is 4.92. The second-order valence-electron chi connectivity index (χ2n) is 5.01. The number of carbonyl (C=O) groups excluding carboxylic acids is 2.